The summed E-state index contributed by atoms with van der Waals surface area (Å²) in [4.78, 5) is 25.2. The van der Waals surface area contributed by atoms with Gasteiger partial charge in [-0.1, -0.05) is 15.9 Å². The minimum atomic E-state index is -0.206. The summed E-state index contributed by atoms with van der Waals surface area (Å²) in [5, 5.41) is 13.9. The zero-order chi connectivity index (χ0) is 19.0. The molecule has 0 radical (unpaired) electrons. The quantitative estimate of drug-likeness (QED) is 0.597. The standard InChI is InChI=1S/C20H16BrN3O2S/c21-13-5-6-17-15(7-13)12(11-25)9-24(17)10-19(26)23-20-16(8-22)14-3-1-2-4-18(14)27-20/h5-7,9,11H,1-4,10H2,(H,23,26). The first-order chi connectivity index (χ1) is 13.1. The van der Waals surface area contributed by atoms with Crippen LogP contribution in [0.3, 0.4) is 0 Å². The Bertz CT molecular complexity index is 1110. The lowest BCUT2D eigenvalue weighted by Crippen LogP contribution is -2.18. The molecule has 0 unspecified atom stereocenters. The molecule has 0 aliphatic heterocycles. The summed E-state index contributed by atoms with van der Waals surface area (Å²) in [7, 11) is 0. The van der Waals surface area contributed by atoms with Gasteiger partial charge >= 0.3 is 0 Å². The van der Waals surface area contributed by atoms with Gasteiger partial charge in [-0.15, -0.1) is 11.3 Å². The van der Waals surface area contributed by atoms with Crippen LogP contribution in [0.2, 0.25) is 0 Å². The summed E-state index contributed by atoms with van der Waals surface area (Å²) < 4.78 is 2.64. The third kappa shape index (κ3) is 3.31. The molecule has 1 N–H and O–H groups in total. The van der Waals surface area contributed by atoms with E-state index in [-0.39, 0.29) is 12.5 Å². The number of thiophene rings is 1. The number of carbonyl (C=O) groups excluding carboxylic acids is 2. The van der Waals surface area contributed by atoms with E-state index in [4.69, 9.17) is 0 Å². The van der Waals surface area contributed by atoms with E-state index in [2.05, 4.69) is 27.3 Å². The Balaban J connectivity index is 1.61. The SMILES string of the molecule is N#Cc1c(NC(=O)Cn2cc(C=O)c3cc(Br)ccc32)sc2c1CCCC2. The van der Waals surface area contributed by atoms with Crippen LogP contribution >= 0.6 is 27.3 Å². The summed E-state index contributed by atoms with van der Waals surface area (Å²) in [6.45, 7) is 0.0827. The van der Waals surface area contributed by atoms with Gasteiger partial charge in [0.25, 0.3) is 0 Å². The molecule has 0 fully saturated rings. The number of nitrogens with one attached hydrogen (secondary N) is 1. The van der Waals surface area contributed by atoms with E-state index in [0.29, 0.717) is 16.1 Å². The van der Waals surface area contributed by atoms with Crippen LogP contribution in [-0.4, -0.2) is 16.8 Å². The predicted molar refractivity (Wildman–Crippen MR) is 109 cm³/mol. The van der Waals surface area contributed by atoms with Crippen molar-refractivity contribution in [1.82, 2.24) is 4.57 Å². The number of anilines is 1. The van der Waals surface area contributed by atoms with Crippen LogP contribution in [0, 0.1) is 11.3 Å². The lowest BCUT2D eigenvalue weighted by molar-refractivity contribution is -0.116. The molecule has 1 aliphatic rings. The van der Waals surface area contributed by atoms with Crippen molar-refractivity contribution >= 4 is 55.4 Å². The number of amides is 1. The van der Waals surface area contributed by atoms with Crippen molar-refractivity contribution in [2.24, 2.45) is 0 Å². The Hall–Kier alpha value is -2.43. The number of halogens is 1. The van der Waals surface area contributed by atoms with Gasteiger partial charge in [-0.3, -0.25) is 9.59 Å². The Morgan fingerprint density at radius 3 is 2.96 bits per heavy atom. The fourth-order valence-electron chi connectivity index (χ4n) is 3.61. The van der Waals surface area contributed by atoms with Gasteiger partial charge in [-0.2, -0.15) is 5.26 Å². The smallest absolute Gasteiger partial charge is 0.244 e. The van der Waals surface area contributed by atoms with Crippen LogP contribution in [0.1, 0.15) is 39.2 Å². The number of hydrogen-bond donors (Lipinski definition) is 1. The second-order valence-corrected chi connectivity index (χ2v) is 8.59. The van der Waals surface area contributed by atoms with Gasteiger partial charge in [0.15, 0.2) is 6.29 Å². The molecule has 0 spiro atoms. The first-order valence-electron chi connectivity index (χ1n) is 8.68. The molecule has 27 heavy (non-hydrogen) atoms. The molecular formula is C20H16BrN3O2S. The Kier molecular flexibility index (Phi) is 4.85. The van der Waals surface area contributed by atoms with E-state index in [1.54, 1.807) is 10.8 Å². The number of nitriles is 1. The summed E-state index contributed by atoms with van der Waals surface area (Å²) in [5.74, 6) is -0.206. The highest BCUT2D eigenvalue weighted by Gasteiger charge is 2.22. The maximum absolute atomic E-state index is 12.6. The van der Waals surface area contributed by atoms with Crippen molar-refractivity contribution in [3.8, 4) is 6.07 Å². The molecule has 0 atom stereocenters. The minimum Gasteiger partial charge on any atom is -0.337 e. The van der Waals surface area contributed by atoms with Gasteiger partial charge in [0.05, 0.1) is 5.56 Å². The molecule has 2 aromatic heterocycles. The normalized spacial score (nSPS) is 13.2. The first kappa shape index (κ1) is 18.0. The molecule has 3 aromatic rings. The number of rotatable bonds is 4. The van der Waals surface area contributed by atoms with Crippen LogP contribution < -0.4 is 5.32 Å². The molecule has 7 heteroatoms. The third-order valence-corrected chi connectivity index (χ3v) is 6.55. The largest absolute Gasteiger partial charge is 0.337 e. The number of aryl methyl sites for hydroxylation is 1. The average molecular weight is 442 g/mol. The van der Waals surface area contributed by atoms with Crippen molar-refractivity contribution in [2.45, 2.75) is 32.2 Å². The second-order valence-electron chi connectivity index (χ2n) is 6.57. The molecule has 136 valence electrons. The van der Waals surface area contributed by atoms with E-state index in [9.17, 15) is 14.9 Å². The maximum atomic E-state index is 12.6. The number of nitrogens with zero attached hydrogens (tertiary/aromatic N) is 2. The monoisotopic (exact) mass is 441 g/mol. The number of benzene rings is 1. The van der Waals surface area contributed by atoms with Gasteiger partial charge in [-0.05, 0) is 49.4 Å². The first-order valence-corrected chi connectivity index (χ1v) is 10.3. The van der Waals surface area contributed by atoms with Crippen molar-refractivity contribution in [2.75, 3.05) is 5.32 Å². The minimum absolute atomic E-state index is 0.0827. The topological polar surface area (TPSA) is 74.9 Å². The summed E-state index contributed by atoms with van der Waals surface area (Å²) in [6.07, 6.45) is 6.59. The summed E-state index contributed by atoms with van der Waals surface area (Å²) in [5.41, 5.74) is 3.08. The molecule has 1 amide bonds. The van der Waals surface area contributed by atoms with Crippen molar-refractivity contribution in [1.29, 1.82) is 5.26 Å². The van der Waals surface area contributed by atoms with Gasteiger partial charge in [0.1, 0.15) is 17.6 Å². The predicted octanol–water partition coefficient (Wildman–Crippen LogP) is 4.67. The Labute approximate surface area is 168 Å². The number of aldehydes is 1. The van der Waals surface area contributed by atoms with Gasteiger partial charge in [0, 0.05) is 32.0 Å². The number of carbonyl (C=O) groups is 2. The van der Waals surface area contributed by atoms with Crippen molar-refractivity contribution < 1.29 is 9.59 Å². The number of fused-ring (bicyclic) bond motifs is 2. The highest BCUT2D eigenvalue weighted by molar-refractivity contribution is 9.10. The van der Waals surface area contributed by atoms with Crippen LogP contribution in [0.15, 0.2) is 28.9 Å². The molecule has 0 bridgehead atoms. The molecular weight excluding hydrogens is 426 g/mol. The average Bonchev–Trinajstić information content (AvgIpc) is 3.18. The second kappa shape index (κ2) is 7.29. The molecule has 1 aromatic carbocycles. The molecule has 1 aliphatic carbocycles. The van der Waals surface area contributed by atoms with Gasteiger partial charge in [-0.25, -0.2) is 0 Å². The van der Waals surface area contributed by atoms with Crippen molar-refractivity contribution in [3.63, 3.8) is 0 Å². The number of hydrogen-bond acceptors (Lipinski definition) is 4. The fraction of sp³-hybridized carbons (Fsp3) is 0.250. The molecule has 4 rings (SSSR count). The maximum Gasteiger partial charge on any atom is 0.244 e. The fourth-order valence-corrected chi connectivity index (χ4v) is 5.23. The van der Waals surface area contributed by atoms with E-state index < -0.39 is 0 Å². The van der Waals surface area contributed by atoms with Crippen LogP contribution in [0.4, 0.5) is 5.00 Å². The van der Waals surface area contributed by atoms with Crippen LogP contribution in [0.5, 0.6) is 0 Å². The van der Waals surface area contributed by atoms with Gasteiger partial charge < -0.3 is 9.88 Å². The van der Waals surface area contributed by atoms with E-state index in [1.807, 2.05) is 18.2 Å². The van der Waals surface area contributed by atoms with Crippen LogP contribution in [-0.2, 0) is 24.2 Å². The Morgan fingerprint density at radius 2 is 2.19 bits per heavy atom. The van der Waals surface area contributed by atoms with E-state index >= 15 is 0 Å². The lowest BCUT2D eigenvalue weighted by Gasteiger charge is -2.09. The number of aromatic nitrogens is 1. The Morgan fingerprint density at radius 1 is 1.37 bits per heavy atom. The highest BCUT2D eigenvalue weighted by atomic mass is 79.9. The molecule has 0 saturated carbocycles. The van der Waals surface area contributed by atoms with Gasteiger partial charge in [0.2, 0.25) is 5.91 Å². The van der Waals surface area contributed by atoms with E-state index in [1.165, 1.54) is 16.2 Å². The summed E-state index contributed by atoms with van der Waals surface area (Å²) in [6, 6.07) is 7.89. The lowest BCUT2D eigenvalue weighted by atomic mass is 9.96. The zero-order valence-electron chi connectivity index (χ0n) is 14.4. The molecule has 5 nitrogen and oxygen atoms in total. The summed E-state index contributed by atoms with van der Waals surface area (Å²) >= 11 is 4.92. The van der Waals surface area contributed by atoms with Crippen LogP contribution in [0.25, 0.3) is 10.9 Å². The molecule has 2 heterocycles. The zero-order valence-corrected chi connectivity index (χ0v) is 16.8. The third-order valence-electron chi connectivity index (χ3n) is 4.85. The van der Waals surface area contributed by atoms with Crippen molar-refractivity contribution in [3.05, 3.63) is 50.4 Å². The van der Waals surface area contributed by atoms with E-state index in [0.717, 1.165) is 52.9 Å². The molecule has 0 saturated heterocycles. The highest BCUT2D eigenvalue weighted by Crippen LogP contribution is 2.37.